The summed E-state index contributed by atoms with van der Waals surface area (Å²) in [7, 11) is 1.64. The lowest BCUT2D eigenvalue weighted by Crippen LogP contribution is -2.24. The molecule has 0 aliphatic carbocycles. The molecule has 5 nitrogen and oxygen atoms in total. The van der Waals surface area contributed by atoms with Crippen molar-refractivity contribution in [1.29, 1.82) is 0 Å². The van der Waals surface area contributed by atoms with Crippen LogP contribution in [0.2, 0.25) is 0 Å². The van der Waals surface area contributed by atoms with Gasteiger partial charge in [-0.1, -0.05) is 0 Å². The van der Waals surface area contributed by atoms with Crippen LogP contribution in [0, 0.1) is 0 Å². The molecule has 0 radical (unpaired) electrons. The highest BCUT2D eigenvalue weighted by molar-refractivity contribution is 7.08. The SMILES string of the molecule is COc1ccc(-n2cnc3c2NC(=O)C[C@H]3c2ccsc2)cc1. The summed E-state index contributed by atoms with van der Waals surface area (Å²) in [5.41, 5.74) is 3.00. The summed E-state index contributed by atoms with van der Waals surface area (Å²) in [5.74, 6) is 1.58. The van der Waals surface area contributed by atoms with E-state index in [1.165, 1.54) is 0 Å². The van der Waals surface area contributed by atoms with Crippen molar-refractivity contribution in [3.63, 3.8) is 0 Å². The molecule has 1 aliphatic heterocycles. The fraction of sp³-hybridized carbons (Fsp3) is 0.176. The van der Waals surface area contributed by atoms with E-state index in [0.717, 1.165) is 28.5 Å². The lowest BCUT2D eigenvalue weighted by molar-refractivity contribution is -0.116. The number of fused-ring (bicyclic) bond motifs is 1. The predicted octanol–water partition coefficient (Wildman–Crippen LogP) is 3.42. The molecule has 3 heterocycles. The molecule has 1 amide bonds. The lowest BCUT2D eigenvalue weighted by atomic mass is 9.92. The normalized spacial score (nSPS) is 16.7. The van der Waals surface area contributed by atoms with Gasteiger partial charge in [0.1, 0.15) is 17.9 Å². The Morgan fingerprint density at radius 3 is 2.83 bits per heavy atom. The molecule has 0 spiro atoms. The van der Waals surface area contributed by atoms with Crippen LogP contribution in [-0.4, -0.2) is 22.6 Å². The van der Waals surface area contributed by atoms with Crippen molar-refractivity contribution in [2.75, 3.05) is 12.4 Å². The molecule has 0 saturated heterocycles. The Morgan fingerprint density at radius 2 is 2.13 bits per heavy atom. The van der Waals surface area contributed by atoms with Crippen molar-refractivity contribution in [3.8, 4) is 11.4 Å². The summed E-state index contributed by atoms with van der Waals surface area (Å²) in [6, 6.07) is 9.73. The van der Waals surface area contributed by atoms with Crippen molar-refractivity contribution in [1.82, 2.24) is 9.55 Å². The average molecular weight is 325 g/mol. The largest absolute Gasteiger partial charge is 0.497 e. The molecule has 1 atom stereocenters. The summed E-state index contributed by atoms with van der Waals surface area (Å²) < 4.78 is 7.10. The van der Waals surface area contributed by atoms with Crippen LogP contribution in [0.25, 0.3) is 5.69 Å². The van der Waals surface area contributed by atoms with Crippen LogP contribution in [0.3, 0.4) is 0 Å². The van der Waals surface area contributed by atoms with Crippen molar-refractivity contribution < 1.29 is 9.53 Å². The van der Waals surface area contributed by atoms with E-state index in [-0.39, 0.29) is 11.8 Å². The first-order valence-electron chi connectivity index (χ1n) is 7.30. The van der Waals surface area contributed by atoms with E-state index in [2.05, 4.69) is 21.7 Å². The summed E-state index contributed by atoms with van der Waals surface area (Å²) >= 11 is 1.64. The second-order valence-corrected chi connectivity index (χ2v) is 6.19. The number of hydrogen-bond acceptors (Lipinski definition) is 4. The number of nitrogens with zero attached hydrogens (tertiary/aromatic N) is 2. The number of imidazole rings is 1. The number of hydrogen-bond donors (Lipinski definition) is 1. The second kappa shape index (κ2) is 5.55. The van der Waals surface area contributed by atoms with Crippen molar-refractivity contribution >= 4 is 23.1 Å². The molecule has 6 heteroatoms. The van der Waals surface area contributed by atoms with Gasteiger partial charge in [-0.2, -0.15) is 11.3 Å². The standard InChI is InChI=1S/C17H15N3O2S/c1-22-13-4-2-12(3-5-13)20-10-18-16-14(11-6-7-23-9-11)8-15(21)19-17(16)20/h2-7,9-10,14H,8H2,1H3,(H,19,21)/t14-/m0/s1. The van der Waals surface area contributed by atoms with Crippen LogP contribution < -0.4 is 10.1 Å². The monoisotopic (exact) mass is 325 g/mol. The van der Waals surface area contributed by atoms with Crippen LogP contribution in [-0.2, 0) is 4.79 Å². The van der Waals surface area contributed by atoms with E-state index >= 15 is 0 Å². The number of ether oxygens (including phenoxy) is 1. The highest BCUT2D eigenvalue weighted by Gasteiger charge is 2.31. The highest BCUT2D eigenvalue weighted by Crippen LogP contribution is 2.38. The third kappa shape index (κ3) is 2.41. The maximum Gasteiger partial charge on any atom is 0.226 e. The van der Waals surface area contributed by atoms with Gasteiger partial charge >= 0.3 is 0 Å². The van der Waals surface area contributed by atoms with Gasteiger partial charge in [-0.3, -0.25) is 9.36 Å². The molecule has 0 fully saturated rings. The van der Waals surface area contributed by atoms with Gasteiger partial charge in [0.15, 0.2) is 0 Å². The van der Waals surface area contributed by atoms with E-state index < -0.39 is 0 Å². The van der Waals surface area contributed by atoms with E-state index in [4.69, 9.17) is 4.74 Å². The highest BCUT2D eigenvalue weighted by atomic mass is 32.1. The molecule has 3 aromatic rings. The second-order valence-electron chi connectivity index (χ2n) is 5.41. The van der Waals surface area contributed by atoms with Crippen molar-refractivity contribution in [3.05, 3.63) is 58.7 Å². The number of methoxy groups -OCH3 is 1. The number of carbonyl (C=O) groups excluding carboxylic acids is 1. The molecule has 1 aliphatic rings. The Morgan fingerprint density at radius 1 is 1.30 bits per heavy atom. The zero-order chi connectivity index (χ0) is 15.8. The average Bonchev–Trinajstić information content (AvgIpc) is 3.24. The number of nitrogens with one attached hydrogen (secondary N) is 1. The minimum Gasteiger partial charge on any atom is -0.497 e. The van der Waals surface area contributed by atoms with E-state index in [0.29, 0.717) is 6.42 Å². The Balaban J connectivity index is 1.78. The summed E-state index contributed by atoms with van der Waals surface area (Å²) in [4.78, 5) is 16.7. The molecular weight excluding hydrogens is 310 g/mol. The zero-order valence-electron chi connectivity index (χ0n) is 12.5. The third-order valence-corrected chi connectivity index (χ3v) is 4.77. The Bertz CT molecular complexity index is 837. The summed E-state index contributed by atoms with van der Waals surface area (Å²) in [6.45, 7) is 0. The minimum absolute atomic E-state index is 0.0176. The topological polar surface area (TPSA) is 56.1 Å². The fourth-order valence-electron chi connectivity index (χ4n) is 2.89. The molecule has 1 N–H and O–H groups in total. The van der Waals surface area contributed by atoms with Crippen LogP contribution in [0.5, 0.6) is 5.75 Å². The summed E-state index contributed by atoms with van der Waals surface area (Å²) in [5, 5.41) is 7.07. The number of carbonyl (C=O) groups is 1. The van der Waals surface area contributed by atoms with Gasteiger partial charge in [0.25, 0.3) is 0 Å². The molecule has 116 valence electrons. The van der Waals surface area contributed by atoms with E-state index in [1.54, 1.807) is 24.8 Å². The van der Waals surface area contributed by atoms with Gasteiger partial charge < -0.3 is 10.1 Å². The molecule has 0 unspecified atom stereocenters. The molecular formula is C17H15N3O2S. The number of amides is 1. The van der Waals surface area contributed by atoms with Gasteiger partial charge in [-0.15, -0.1) is 0 Å². The predicted molar refractivity (Wildman–Crippen MR) is 89.5 cm³/mol. The van der Waals surface area contributed by atoms with Crippen LogP contribution in [0.1, 0.15) is 23.6 Å². The third-order valence-electron chi connectivity index (χ3n) is 4.07. The summed E-state index contributed by atoms with van der Waals surface area (Å²) in [6.07, 6.45) is 2.20. The van der Waals surface area contributed by atoms with Gasteiger partial charge in [0.2, 0.25) is 5.91 Å². The Hall–Kier alpha value is -2.60. The number of anilines is 1. The lowest BCUT2D eigenvalue weighted by Gasteiger charge is -2.22. The minimum atomic E-state index is 0.0176. The zero-order valence-corrected chi connectivity index (χ0v) is 13.3. The molecule has 0 bridgehead atoms. The number of aromatic nitrogens is 2. The molecule has 0 saturated carbocycles. The molecule has 2 aromatic heterocycles. The molecule has 4 rings (SSSR count). The van der Waals surface area contributed by atoms with Gasteiger partial charge in [-0.05, 0) is 46.7 Å². The van der Waals surface area contributed by atoms with Gasteiger partial charge in [-0.25, -0.2) is 4.98 Å². The number of thiophene rings is 1. The first-order valence-corrected chi connectivity index (χ1v) is 8.24. The molecule has 23 heavy (non-hydrogen) atoms. The van der Waals surface area contributed by atoms with E-state index in [1.807, 2.05) is 34.2 Å². The Labute approximate surface area is 137 Å². The quantitative estimate of drug-likeness (QED) is 0.803. The van der Waals surface area contributed by atoms with Crippen LogP contribution in [0.15, 0.2) is 47.4 Å². The van der Waals surface area contributed by atoms with Gasteiger partial charge in [0, 0.05) is 18.0 Å². The fourth-order valence-corrected chi connectivity index (χ4v) is 3.61. The Kier molecular flexibility index (Phi) is 3.38. The first kappa shape index (κ1) is 14.0. The first-order chi connectivity index (χ1) is 11.3. The van der Waals surface area contributed by atoms with E-state index in [9.17, 15) is 4.79 Å². The van der Waals surface area contributed by atoms with Crippen LogP contribution in [0.4, 0.5) is 5.82 Å². The molecule has 1 aromatic carbocycles. The number of benzene rings is 1. The smallest absolute Gasteiger partial charge is 0.226 e. The maximum atomic E-state index is 12.1. The van der Waals surface area contributed by atoms with Gasteiger partial charge in [0.05, 0.1) is 12.8 Å². The van der Waals surface area contributed by atoms with Crippen molar-refractivity contribution in [2.45, 2.75) is 12.3 Å². The van der Waals surface area contributed by atoms with Crippen LogP contribution >= 0.6 is 11.3 Å². The van der Waals surface area contributed by atoms with Crippen molar-refractivity contribution in [2.24, 2.45) is 0 Å². The number of rotatable bonds is 3. The maximum absolute atomic E-state index is 12.1.